The Morgan fingerprint density at radius 2 is 0.655 bits per heavy atom. The van der Waals surface area contributed by atoms with Gasteiger partial charge < -0.3 is 60.8 Å². The topological polar surface area (TPSA) is 292 Å². The molecule has 8 aromatic rings. The van der Waals surface area contributed by atoms with E-state index in [9.17, 15) is 28.8 Å². The summed E-state index contributed by atoms with van der Waals surface area (Å²) in [6.45, 7) is 37.8. The number of nitrogen functional groups attached to an aromatic ring is 2. The molecule has 6 aliphatic heterocycles. The average molecular weight is 1580 g/mol. The Morgan fingerprint density at radius 3 is 0.966 bits per heavy atom. The van der Waals surface area contributed by atoms with Gasteiger partial charge >= 0.3 is 24.4 Å². The summed E-state index contributed by atoms with van der Waals surface area (Å²) in [5.41, 5.74) is 25.7. The van der Waals surface area contributed by atoms with Crippen molar-refractivity contribution in [2.45, 2.75) is 283 Å². The van der Waals surface area contributed by atoms with Crippen LogP contribution in [0.25, 0.3) is 22.1 Å². The molecule has 6 aromatic carbocycles. The molecule has 8 heterocycles. The molecule has 8 unspecified atom stereocenters. The molecule has 8 N–H and O–H groups in total. The smallest absolute Gasteiger partial charge is 0.410 e. The first-order valence-electron chi connectivity index (χ1n) is 41.7. The third kappa shape index (κ3) is 18.9. The van der Waals surface area contributed by atoms with Crippen molar-refractivity contribution in [1.82, 2.24) is 39.5 Å². The third-order valence-electron chi connectivity index (χ3n) is 22.8. The number of nitrogens with zero attached hydrogens (tertiary/aromatic N) is 8. The SMILES string of the molecule is CC(C)(C)OC(=O)N1CCCC1C(=O)Nc1ccc(C2CCC(c3ccc(NC(=O)C4CCCN4C(=O)OC(C)(C)C)c(N)c3)N2c2ccc(C(C)(C)C)cc2)cc1N.CC(C)(C)OC(=O)N1CCCC1c1nc2ccc(C3CCC(c4ccc5nc(C6CCCN6C(=O)OC(C)(C)C)[nH]c5c4)N3c3ccc(C(C)(C)C)cc3)cc2[nH]1. The summed E-state index contributed by atoms with van der Waals surface area (Å²) in [7, 11) is 0. The van der Waals surface area contributed by atoms with Crippen molar-refractivity contribution in [3.05, 3.63) is 166 Å². The minimum Gasteiger partial charge on any atom is -0.444 e. The van der Waals surface area contributed by atoms with E-state index in [1.807, 2.05) is 129 Å². The van der Waals surface area contributed by atoms with Gasteiger partial charge in [-0.3, -0.25) is 29.2 Å². The number of benzene rings is 6. The standard InChI is InChI=1S/C46H63N7O6.C46H59N7O4/c1-44(2,3)30-16-18-31(19-17-30)53-36(28-14-20-34(32(47)26-28)49-40(54)38-12-10-24-51(38)42(56)58-45(4,5)6)22-23-37(53)29-15-21-35(33(48)27-29)50-41(55)39-13-11-25-52(39)43(57)59-46(7,8)9;1-44(2,3)30-16-18-31(19-17-30)53-36(28-14-20-32-34(26-28)49-40(47-32)38-12-10-24-51(38)42(54)56-45(4,5)6)22-23-37(53)29-15-21-33-35(27-29)50-41(48-33)39-13-11-25-52(39)43(55)57-46(7,8)9/h14-21,26-27,36-39H,10-13,22-25,47-48H2,1-9H3,(H,49,54)(H,50,55);14-21,26-27,36-39H,10-13,22-25H2,1-9H3,(H,47,49)(H,48,50). The number of aromatic amines is 2. The van der Waals surface area contributed by atoms with Gasteiger partial charge in [0.2, 0.25) is 11.8 Å². The molecule has 0 radical (unpaired) electrons. The van der Waals surface area contributed by atoms with Gasteiger partial charge in [-0.25, -0.2) is 29.1 Å². The molecule has 116 heavy (non-hydrogen) atoms. The third-order valence-corrected chi connectivity index (χ3v) is 22.8. The van der Waals surface area contributed by atoms with Gasteiger partial charge in [0, 0.05) is 37.6 Å². The first-order chi connectivity index (χ1) is 54.5. The first-order valence-corrected chi connectivity index (χ1v) is 41.7. The number of anilines is 6. The highest BCUT2D eigenvalue weighted by molar-refractivity contribution is 6.00. The molecule has 6 aliphatic rings. The zero-order valence-corrected chi connectivity index (χ0v) is 71.3. The van der Waals surface area contributed by atoms with Gasteiger partial charge in [-0.05, 0) is 277 Å². The monoisotopic (exact) mass is 1580 g/mol. The van der Waals surface area contributed by atoms with Crippen LogP contribution in [0.4, 0.5) is 53.3 Å². The van der Waals surface area contributed by atoms with Crippen LogP contribution in [0.1, 0.15) is 283 Å². The molecule has 8 atom stereocenters. The maximum Gasteiger partial charge on any atom is 0.410 e. The van der Waals surface area contributed by atoms with E-state index in [1.165, 1.54) is 37.7 Å². The van der Waals surface area contributed by atoms with Crippen LogP contribution in [0, 0.1) is 0 Å². The highest BCUT2D eigenvalue weighted by atomic mass is 16.6. The van der Waals surface area contributed by atoms with Gasteiger partial charge in [0.25, 0.3) is 0 Å². The zero-order valence-electron chi connectivity index (χ0n) is 71.3. The lowest BCUT2D eigenvalue weighted by molar-refractivity contribution is -0.121. The first kappa shape index (κ1) is 83.4. The van der Waals surface area contributed by atoms with Gasteiger partial charge in [-0.1, -0.05) is 90.1 Å². The van der Waals surface area contributed by atoms with Crippen molar-refractivity contribution < 1.29 is 47.7 Å². The fourth-order valence-corrected chi connectivity index (χ4v) is 17.3. The van der Waals surface area contributed by atoms with E-state index in [-0.39, 0.29) is 71.1 Å². The van der Waals surface area contributed by atoms with Crippen molar-refractivity contribution in [2.75, 3.05) is 58.1 Å². The molecular formula is C92H122N14O10. The Bertz CT molecular complexity index is 4680. The molecule has 24 heteroatoms. The van der Waals surface area contributed by atoms with Crippen molar-refractivity contribution >= 4 is 92.4 Å². The molecule has 14 rings (SSSR count). The maximum atomic E-state index is 13.5. The average Bonchev–Trinajstić information content (AvgIpc) is 1.61. The summed E-state index contributed by atoms with van der Waals surface area (Å²) < 4.78 is 22.6. The highest BCUT2D eigenvalue weighted by Crippen LogP contribution is 2.51. The molecule has 2 aromatic heterocycles. The summed E-state index contributed by atoms with van der Waals surface area (Å²) >= 11 is 0. The van der Waals surface area contributed by atoms with Crippen LogP contribution in [0.3, 0.4) is 0 Å². The van der Waals surface area contributed by atoms with Crippen LogP contribution in [0.5, 0.6) is 0 Å². The fourth-order valence-electron chi connectivity index (χ4n) is 17.3. The molecule has 620 valence electrons. The van der Waals surface area contributed by atoms with E-state index >= 15 is 0 Å². The van der Waals surface area contributed by atoms with E-state index in [2.05, 4.69) is 157 Å². The van der Waals surface area contributed by atoms with E-state index in [0.29, 0.717) is 74.6 Å². The molecule has 6 amide bonds. The number of aromatic nitrogens is 4. The van der Waals surface area contributed by atoms with Crippen LogP contribution in [0.15, 0.2) is 121 Å². The molecule has 0 bridgehead atoms. The van der Waals surface area contributed by atoms with Crippen LogP contribution in [-0.2, 0) is 39.4 Å². The number of imidazole rings is 2. The fraction of sp³-hybridized carbons (Fsp3) is 0.522. The quantitative estimate of drug-likeness (QED) is 0.0489. The van der Waals surface area contributed by atoms with Crippen molar-refractivity contribution in [1.29, 1.82) is 0 Å². The molecule has 0 spiro atoms. The van der Waals surface area contributed by atoms with Gasteiger partial charge in [-0.2, -0.15) is 0 Å². The number of amides is 6. The molecular weight excluding hydrogens is 1460 g/mol. The predicted octanol–water partition coefficient (Wildman–Crippen LogP) is 19.9. The zero-order chi connectivity index (χ0) is 83.5. The normalized spacial score (nSPS) is 21.5. The molecule has 0 saturated carbocycles. The number of carbonyl (C=O) groups excluding carboxylic acids is 6. The lowest BCUT2D eigenvalue weighted by Gasteiger charge is -2.34. The largest absolute Gasteiger partial charge is 0.444 e. The second-order valence-electron chi connectivity index (χ2n) is 38.4. The Labute approximate surface area is 683 Å². The van der Waals surface area contributed by atoms with Crippen molar-refractivity contribution in [3.63, 3.8) is 0 Å². The molecule has 6 fully saturated rings. The second-order valence-corrected chi connectivity index (χ2v) is 38.4. The number of fused-ring (bicyclic) bond motifs is 2. The number of ether oxygens (including phenoxy) is 4. The van der Waals surface area contributed by atoms with E-state index in [0.717, 1.165) is 102 Å². The van der Waals surface area contributed by atoms with E-state index in [1.54, 1.807) is 0 Å². The summed E-state index contributed by atoms with van der Waals surface area (Å²) in [6, 6.07) is 41.1. The maximum absolute atomic E-state index is 13.5. The summed E-state index contributed by atoms with van der Waals surface area (Å²) in [5.74, 6) is 1.03. The Morgan fingerprint density at radius 1 is 0.362 bits per heavy atom. The minimum absolute atomic E-state index is 0.0172. The van der Waals surface area contributed by atoms with Gasteiger partial charge in [0.1, 0.15) is 46.1 Å². The summed E-state index contributed by atoms with van der Waals surface area (Å²) in [6.07, 6.45) is 8.05. The number of carbonyl (C=O) groups is 6. The number of nitrogens with two attached hydrogens (primary N) is 2. The lowest BCUT2D eigenvalue weighted by atomic mass is 9.87. The van der Waals surface area contributed by atoms with Gasteiger partial charge in [-0.15, -0.1) is 0 Å². The van der Waals surface area contributed by atoms with Gasteiger partial charge in [0.15, 0.2) is 0 Å². The highest BCUT2D eigenvalue weighted by Gasteiger charge is 2.44. The summed E-state index contributed by atoms with van der Waals surface area (Å²) in [4.78, 5) is 108. The molecule has 24 nitrogen and oxygen atoms in total. The van der Waals surface area contributed by atoms with Gasteiger partial charge in [0.05, 0.1) is 81.1 Å². The number of H-pyrrole nitrogens is 2. The van der Waals surface area contributed by atoms with E-state index < -0.39 is 46.7 Å². The Balaban J connectivity index is 0.000000202. The van der Waals surface area contributed by atoms with Crippen LogP contribution < -0.4 is 31.9 Å². The Kier molecular flexibility index (Phi) is 23.4. The van der Waals surface area contributed by atoms with Crippen LogP contribution in [0.2, 0.25) is 0 Å². The number of hydrogen-bond donors (Lipinski definition) is 6. The molecule has 6 saturated heterocycles. The minimum atomic E-state index is -0.667. The second kappa shape index (κ2) is 32.5. The predicted molar refractivity (Wildman–Crippen MR) is 458 cm³/mol. The number of hydrogen-bond acceptors (Lipinski definition) is 16. The number of rotatable bonds is 12. The molecule has 0 aliphatic carbocycles. The number of nitrogens with one attached hydrogen (secondary N) is 4. The lowest BCUT2D eigenvalue weighted by Crippen LogP contribution is -2.45. The van der Waals surface area contributed by atoms with E-state index in [4.69, 9.17) is 40.4 Å². The summed E-state index contributed by atoms with van der Waals surface area (Å²) in [5, 5.41) is 5.96. The van der Waals surface area contributed by atoms with Crippen molar-refractivity contribution in [2.24, 2.45) is 0 Å². The van der Waals surface area contributed by atoms with Crippen LogP contribution >= 0.6 is 0 Å². The van der Waals surface area contributed by atoms with Crippen LogP contribution in [-0.4, -0.2) is 136 Å². The van der Waals surface area contributed by atoms with Crippen molar-refractivity contribution in [3.8, 4) is 0 Å². The Hall–Kier alpha value is -10.5. The number of likely N-dealkylation sites (tertiary alicyclic amines) is 4.